The molecule has 1 saturated heterocycles. The van der Waals surface area contributed by atoms with Gasteiger partial charge in [0.2, 0.25) is 5.91 Å². The van der Waals surface area contributed by atoms with E-state index in [2.05, 4.69) is 15.4 Å². The van der Waals surface area contributed by atoms with Crippen LogP contribution in [-0.2, 0) is 16.6 Å². The number of rotatable bonds is 4. The zero-order chi connectivity index (χ0) is 12.5. The van der Waals surface area contributed by atoms with Crippen molar-refractivity contribution in [2.75, 3.05) is 13.2 Å². The molecule has 2 rings (SSSR count). The molecule has 1 N–H and O–H groups in total. The van der Waals surface area contributed by atoms with E-state index in [4.69, 9.17) is 4.74 Å². The Hall–Kier alpha value is -1.43. The summed E-state index contributed by atoms with van der Waals surface area (Å²) < 4.78 is 6.78. The Balaban J connectivity index is 2.06. The summed E-state index contributed by atoms with van der Waals surface area (Å²) >= 11 is 0. The van der Waals surface area contributed by atoms with Gasteiger partial charge in [-0.2, -0.15) is 5.10 Å². The highest BCUT2D eigenvalue weighted by molar-refractivity contribution is 5.83. The van der Waals surface area contributed by atoms with E-state index in [9.17, 15) is 4.79 Å². The third-order valence-electron chi connectivity index (χ3n) is 3.16. The van der Waals surface area contributed by atoms with E-state index in [1.54, 1.807) is 4.68 Å². The second-order valence-corrected chi connectivity index (χ2v) is 4.73. The van der Waals surface area contributed by atoms with Crippen molar-refractivity contribution < 1.29 is 9.53 Å². The van der Waals surface area contributed by atoms with Crippen molar-refractivity contribution >= 4 is 5.91 Å². The van der Waals surface area contributed by atoms with E-state index in [-0.39, 0.29) is 17.4 Å². The Morgan fingerprint density at radius 3 is 2.82 bits per heavy atom. The molecular formula is C11H18N4O2. The molecule has 1 atom stereocenters. The molecule has 1 aliphatic rings. The molecule has 1 aromatic rings. The average molecular weight is 238 g/mol. The van der Waals surface area contributed by atoms with Crippen LogP contribution in [0.25, 0.3) is 0 Å². The van der Waals surface area contributed by atoms with Crippen molar-refractivity contribution in [3.8, 4) is 0 Å². The average Bonchev–Trinajstić information content (AvgIpc) is 2.68. The summed E-state index contributed by atoms with van der Waals surface area (Å²) in [5.41, 5.74) is -0.383. The van der Waals surface area contributed by atoms with Gasteiger partial charge in [0, 0.05) is 7.05 Å². The van der Waals surface area contributed by atoms with Gasteiger partial charge >= 0.3 is 0 Å². The Bertz CT molecular complexity index is 411. The van der Waals surface area contributed by atoms with Crippen molar-refractivity contribution in [3.05, 3.63) is 12.2 Å². The summed E-state index contributed by atoms with van der Waals surface area (Å²) in [5.74, 6) is 0.809. The zero-order valence-corrected chi connectivity index (χ0v) is 10.4. The van der Waals surface area contributed by atoms with Crippen LogP contribution >= 0.6 is 0 Å². The summed E-state index contributed by atoms with van der Waals surface area (Å²) in [6, 6.07) is -0.0903. The fraction of sp³-hybridized carbons (Fsp3) is 0.727. The van der Waals surface area contributed by atoms with Gasteiger partial charge < -0.3 is 10.1 Å². The first-order chi connectivity index (χ1) is 8.07. The maximum absolute atomic E-state index is 12.1. The van der Waals surface area contributed by atoms with Gasteiger partial charge in [-0.1, -0.05) is 6.92 Å². The number of carbonyl (C=O) groups is 1. The summed E-state index contributed by atoms with van der Waals surface area (Å²) in [7, 11) is 1.82. The number of hydrogen-bond donors (Lipinski definition) is 1. The SMILES string of the molecule is CC[C@H](NC(=O)C1(C)COC1)c1ncnn1C. The van der Waals surface area contributed by atoms with Crippen LogP contribution in [0.15, 0.2) is 6.33 Å². The number of nitrogens with one attached hydrogen (secondary N) is 1. The number of amides is 1. The van der Waals surface area contributed by atoms with Gasteiger partial charge in [0.05, 0.1) is 24.7 Å². The minimum Gasteiger partial charge on any atom is -0.379 e. The third-order valence-corrected chi connectivity index (χ3v) is 3.16. The lowest BCUT2D eigenvalue weighted by molar-refractivity contribution is -0.158. The minimum absolute atomic E-state index is 0.0265. The molecular weight excluding hydrogens is 220 g/mol. The fourth-order valence-corrected chi connectivity index (χ4v) is 1.84. The molecule has 1 aliphatic heterocycles. The summed E-state index contributed by atoms with van der Waals surface area (Å²) in [6.07, 6.45) is 2.29. The van der Waals surface area contributed by atoms with E-state index < -0.39 is 0 Å². The number of aromatic nitrogens is 3. The van der Waals surface area contributed by atoms with Gasteiger partial charge in [0.15, 0.2) is 0 Å². The quantitative estimate of drug-likeness (QED) is 0.825. The van der Waals surface area contributed by atoms with Crippen molar-refractivity contribution in [2.24, 2.45) is 12.5 Å². The Kier molecular flexibility index (Phi) is 3.15. The lowest BCUT2D eigenvalue weighted by Gasteiger charge is -2.37. The molecule has 1 amide bonds. The van der Waals surface area contributed by atoms with Crippen LogP contribution in [-0.4, -0.2) is 33.9 Å². The lowest BCUT2D eigenvalue weighted by atomic mass is 9.87. The molecule has 6 heteroatoms. The number of ether oxygens (including phenoxy) is 1. The maximum atomic E-state index is 12.1. The topological polar surface area (TPSA) is 69.0 Å². The summed E-state index contributed by atoms with van der Waals surface area (Å²) in [6.45, 7) is 4.91. The highest BCUT2D eigenvalue weighted by Crippen LogP contribution is 2.28. The predicted molar refractivity (Wildman–Crippen MR) is 61.1 cm³/mol. The number of nitrogens with zero attached hydrogens (tertiary/aromatic N) is 3. The predicted octanol–water partition coefficient (Wildman–Crippen LogP) is 0.419. The molecule has 1 aromatic heterocycles. The Labute approximate surface area is 100 Å². The molecule has 0 radical (unpaired) electrons. The van der Waals surface area contributed by atoms with Crippen molar-refractivity contribution in [2.45, 2.75) is 26.3 Å². The van der Waals surface area contributed by atoms with Crippen LogP contribution in [0, 0.1) is 5.41 Å². The lowest BCUT2D eigenvalue weighted by Crippen LogP contribution is -2.52. The maximum Gasteiger partial charge on any atom is 0.231 e. The van der Waals surface area contributed by atoms with E-state index in [1.807, 2.05) is 20.9 Å². The normalized spacial score (nSPS) is 19.5. The van der Waals surface area contributed by atoms with Crippen LogP contribution in [0.5, 0.6) is 0 Å². The molecule has 0 aromatic carbocycles. The van der Waals surface area contributed by atoms with Crippen molar-refractivity contribution in [3.63, 3.8) is 0 Å². The van der Waals surface area contributed by atoms with Gasteiger partial charge in [0.25, 0.3) is 0 Å². The Morgan fingerprint density at radius 2 is 2.41 bits per heavy atom. The zero-order valence-electron chi connectivity index (χ0n) is 10.4. The van der Waals surface area contributed by atoms with Crippen LogP contribution < -0.4 is 5.32 Å². The van der Waals surface area contributed by atoms with Gasteiger partial charge in [-0.15, -0.1) is 0 Å². The molecule has 0 aliphatic carbocycles. The second kappa shape index (κ2) is 4.44. The number of aryl methyl sites for hydroxylation is 1. The van der Waals surface area contributed by atoms with E-state index in [0.717, 1.165) is 12.2 Å². The molecule has 94 valence electrons. The monoisotopic (exact) mass is 238 g/mol. The fourth-order valence-electron chi connectivity index (χ4n) is 1.84. The van der Waals surface area contributed by atoms with E-state index >= 15 is 0 Å². The van der Waals surface area contributed by atoms with Crippen LogP contribution in [0.3, 0.4) is 0 Å². The molecule has 0 bridgehead atoms. The molecule has 2 heterocycles. The van der Waals surface area contributed by atoms with Crippen LogP contribution in [0.1, 0.15) is 32.1 Å². The van der Waals surface area contributed by atoms with Crippen molar-refractivity contribution in [1.29, 1.82) is 0 Å². The summed E-state index contributed by atoms with van der Waals surface area (Å²) in [4.78, 5) is 16.2. The van der Waals surface area contributed by atoms with Gasteiger partial charge in [-0.3, -0.25) is 9.48 Å². The van der Waals surface area contributed by atoms with Crippen molar-refractivity contribution in [1.82, 2.24) is 20.1 Å². The largest absolute Gasteiger partial charge is 0.379 e. The number of carbonyl (C=O) groups excluding carboxylic acids is 1. The third kappa shape index (κ3) is 2.17. The minimum atomic E-state index is -0.383. The Morgan fingerprint density at radius 1 is 1.71 bits per heavy atom. The molecule has 0 spiro atoms. The van der Waals surface area contributed by atoms with Crippen LogP contribution in [0.4, 0.5) is 0 Å². The molecule has 17 heavy (non-hydrogen) atoms. The second-order valence-electron chi connectivity index (χ2n) is 4.73. The van der Waals surface area contributed by atoms with Gasteiger partial charge in [0.1, 0.15) is 12.2 Å². The van der Waals surface area contributed by atoms with E-state index in [1.165, 1.54) is 6.33 Å². The molecule has 6 nitrogen and oxygen atoms in total. The molecule has 0 saturated carbocycles. The highest BCUT2D eigenvalue weighted by Gasteiger charge is 2.41. The van der Waals surface area contributed by atoms with Gasteiger partial charge in [-0.25, -0.2) is 4.98 Å². The highest BCUT2D eigenvalue weighted by atomic mass is 16.5. The summed E-state index contributed by atoms with van der Waals surface area (Å²) in [5, 5.41) is 7.03. The van der Waals surface area contributed by atoms with Crippen LogP contribution in [0.2, 0.25) is 0 Å². The number of hydrogen-bond acceptors (Lipinski definition) is 4. The first-order valence-electron chi connectivity index (χ1n) is 5.79. The first kappa shape index (κ1) is 12.0. The first-order valence-corrected chi connectivity index (χ1v) is 5.79. The molecule has 1 fully saturated rings. The van der Waals surface area contributed by atoms with E-state index in [0.29, 0.717) is 13.2 Å². The van der Waals surface area contributed by atoms with Gasteiger partial charge in [-0.05, 0) is 13.3 Å². The molecule has 0 unspecified atom stereocenters. The smallest absolute Gasteiger partial charge is 0.231 e. The standard InChI is InChI=1S/C11H18N4O2/c1-4-8(9-12-7-13-15(9)3)14-10(16)11(2)5-17-6-11/h7-8H,4-6H2,1-3H3,(H,14,16)/t8-/m0/s1.